The average molecular weight is 531 g/mol. The molecule has 3 amide bonds. The molecule has 0 atom stereocenters. The summed E-state index contributed by atoms with van der Waals surface area (Å²) in [5, 5.41) is 14.3. The lowest BCUT2D eigenvalue weighted by atomic mass is 10.0. The highest BCUT2D eigenvalue weighted by Gasteiger charge is 2.09. The SMILES string of the molecule is CCCCCCCCCCCCCCCCCCCCCCCCCNC(=O)NC(=O)c1ccc(O)cc1. The van der Waals surface area contributed by atoms with Crippen molar-refractivity contribution in [2.45, 2.75) is 155 Å². The Morgan fingerprint density at radius 1 is 0.553 bits per heavy atom. The molecular formula is C33H58N2O3. The number of aromatic hydroxyl groups is 1. The van der Waals surface area contributed by atoms with Crippen molar-refractivity contribution in [3.05, 3.63) is 29.8 Å². The van der Waals surface area contributed by atoms with Crippen molar-refractivity contribution in [1.82, 2.24) is 10.6 Å². The minimum atomic E-state index is -0.470. The van der Waals surface area contributed by atoms with Crippen LogP contribution in [-0.2, 0) is 0 Å². The van der Waals surface area contributed by atoms with E-state index >= 15 is 0 Å². The molecule has 1 aromatic carbocycles. The van der Waals surface area contributed by atoms with Crippen molar-refractivity contribution in [2.75, 3.05) is 6.54 Å². The molecule has 0 bridgehead atoms. The normalized spacial score (nSPS) is 11.0. The fourth-order valence-corrected chi connectivity index (χ4v) is 4.94. The summed E-state index contributed by atoms with van der Waals surface area (Å²) >= 11 is 0. The van der Waals surface area contributed by atoms with Crippen LogP contribution in [0.15, 0.2) is 24.3 Å². The molecule has 5 nitrogen and oxygen atoms in total. The van der Waals surface area contributed by atoms with E-state index in [2.05, 4.69) is 17.6 Å². The summed E-state index contributed by atoms with van der Waals surface area (Å²) < 4.78 is 0. The Bertz CT molecular complexity index is 690. The molecule has 0 fully saturated rings. The van der Waals surface area contributed by atoms with E-state index in [9.17, 15) is 14.7 Å². The molecule has 0 heterocycles. The van der Waals surface area contributed by atoms with Crippen LogP contribution in [0.3, 0.4) is 0 Å². The predicted octanol–water partition coefficient (Wildman–Crippen LogP) is 9.82. The van der Waals surface area contributed by atoms with Crippen molar-refractivity contribution in [2.24, 2.45) is 0 Å². The summed E-state index contributed by atoms with van der Waals surface area (Å²) in [5.41, 5.74) is 0.345. The van der Waals surface area contributed by atoms with Crippen LogP contribution in [0.4, 0.5) is 4.79 Å². The Hall–Kier alpha value is -2.04. The van der Waals surface area contributed by atoms with Crippen LogP contribution in [0.2, 0.25) is 0 Å². The van der Waals surface area contributed by atoms with Gasteiger partial charge in [-0.25, -0.2) is 4.79 Å². The third kappa shape index (κ3) is 21.0. The van der Waals surface area contributed by atoms with Crippen molar-refractivity contribution < 1.29 is 14.7 Å². The predicted molar refractivity (Wildman–Crippen MR) is 161 cm³/mol. The maximum absolute atomic E-state index is 11.9. The molecule has 1 rings (SSSR count). The maximum Gasteiger partial charge on any atom is 0.321 e. The van der Waals surface area contributed by atoms with Crippen LogP contribution < -0.4 is 10.6 Å². The molecule has 5 heteroatoms. The number of nitrogens with one attached hydrogen (secondary N) is 2. The number of unbranched alkanes of at least 4 members (excludes halogenated alkanes) is 22. The minimum Gasteiger partial charge on any atom is -0.508 e. The van der Waals surface area contributed by atoms with E-state index in [-0.39, 0.29) is 5.75 Å². The van der Waals surface area contributed by atoms with Crippen molar-refractivity contribution in [3.63, 3.8) is 0 Å². The minimum absolute atomic E-state index is 0.0891. The highest BCUT2D eigenvalue weighted by molar-refractivity contribution is 6.04. The number of amides is 3. The third-order valence-electron chi connectivity index (χ3n) is 7.42. The lowest BCUT2D eigenvalue weighted by Gasteiger charge is -2.07. The van der Waals surface area contributed by atoms with Crippen LogP contribution in [0.25, 0.3) is 0 Å². The third-order valence-corrected chi connectivity index (χ3v) is 7.42. The summed E-state index contributed by atoms with van der Waals surface area (Å²) in [6, 6.07) is 5.35. The maximum atomic E-state index is 11.9. The lowest BCUT2D eigenvalue weighted by molar-refractivity contribution is 0.0964. The first-order valence-electron chi connectivity index (χ1n) is 16.0. The Morgan fingerprint density at radius 2 is 0.895 bits per heavy atom. The van der Waals surface area contributed by atoms with Gasteiger partial charge in [-0.2, -0.15) is 0 Å². The van der Waals surface area contributed by atoms with Gasteiger partial charge in [0.1, 0.15) is 5.75 Å². The largest absolute Gasteiger partial charge is 0.508 e. The van der Waals surface area contributed by atoms with Gasteiger partial charge in [0.25, 0.3) is 5.91 Å². The number of hydrogen-bond donors (Lipinski definition) is 3. The molecule has 0 aliphatic heterocycles. The van der Waals surface area contributed by atoms with E-state index in [0.717, 1.165) is 12.8 Å². The summed E-state index contributed by atoms with van der Waals surface area (Å²) in [5.74, 6) is -0.377. The summed E-state index contributed by atoms with van der Waals surface area (Å²) in [4.78, 5) is 23.8. The van der Waals surface area contributed by atoms with Gasteiger partial charge in [0.05, 0.1) is 0 Å². The molecule has 0 spiro atoms. The standard InChI is InChI=1S/C33H58N2O3/c1-2-3-4-5-6-7-8-9-10-11-12-13-14-15-16-17-18-19-20-21-22-23-24-29-34-33(38)35-32(37)30-25-27-31(36)28-26-30/h25-28,36H,2-24,29H2,1H3,(H2,34,35,37,38). The van der Waals surface area contributed by atoms with Crippen LogP contribution in [-0.4, -0.2) is 23.6 Å². The highest BCUT2D eigenvalue weighted by atomic mass is 16.3. The van der Waals surface area contributed by atoms with E-state index in [1.165, 1.54) is 159 Å². The summed E-state index contributed by atoms with van der Waals surface area (Å²) in [7, 11) is 0. The smallest absolute Gasteiger partial charge is 0.321 e. The monoisotopic (exact) mass is 530 g/mol. The van der Waals surface area contributed by atoms with Crippen LogP contribution in [0, 0.1) is 0 Å². The molecule has 0 aliphatic carbocycles. The number of hydrogen-bond acceptors (Lipinski definition) is 3. The van der Waals surface area contributed by atoms with Gasteiger partial charge in [-0.05, 0) is 30.7 Å². The highest BCUT2D eigenvalue weighted by Crippen LogP contribution is 2.15. The van der Waals surface area contributed by atoms with Gasteiger partial charge in [0.2, 0.25) is 0 Å². The number of imide groups is 1. The Balaban J connectivity index is 1.74. The Labute approximate surface area is 234 Å². The molecule has 1 aromatic rings. The number of urea groups is 1. The van der Waals surface area contributed by atoms with Gasteiger partial charge in [-0.3, -0.25) is 10.1 Å². The van der Waals surface area contributed by atoms with Crippen molar-refractivity contribution in [1.29, 1.82) is 0 Å². The number of phenols is 1. The molecule has 3 N–H and O–H groups in total. The first-order chi connectivity index (χ1) is 18.6. The number of benzene rings is 1. The quantitative estimate of drug-likeness (QED) is 0.110. The van der Waals surface area contributed by atoms with Crippen molar-refractivity contribution >= 4 is 11.9 Å². The molecule has 0 radical (unpaired) electrons. The van der Waals surface area contributed by atoms with Crippen LogP contribution in [0.1, 0.15) is 165 Å². The molecule has 0 saturated carbocycles. The van der Waals surface area contributed by atoms with E-state index in [1.54, 1.807) is 0 Å². The lowest BCUT2D eigenvalue weighted by Crippen LogP contribution is -2.39. The van der Waals surface area contributed by atoms with E-state index in [4.69, 9.17) is 0 Å². The average Bonchev–Trinajstić information content (AvgIpc) is 2.91. The van der Waals surface area contributed by atoms with Gasteiger partial charge < -0.3 is 10.4 Å². The summed E-state index contributed by atoms with van der Waals surface area (Å²) in [6.45, 7) is 2.86. The first kappa shape index (κ1) is 34.0. The van der Waals surface area contributed by atoms with Gasteiger partial charge in [-0.1, -0.05) is 148 Å². The second kappa shape index (κ2) is 25.2. The topological polar surface area (TPSA) is 78.4 Å². The van der Waals surface area contributed by atoms with Gasteiger partial charge in [-0.15, -0.1) is 0 Å². The first-order valence-corrected chi connectivity index (χ1v) is 16.0. The van der Waals surface area contributed by atoms with Crippen LogP contribution in [0.5, 0.6) is 5.75 Å². The fraction of sp³-hybridized carbons (Fsp3) is 0.758. The van der Waals surface area contributed by atoms with Crippen molar-refractivity contribution in [3.8, 4) is 5.75 Å². The number of phenolic OH excluding ortho intramolecular Hbond substituents is 1. The second-order valence-corrected chi connectivity index (χ2v) is 11.0. The van der Waals surface area contributed by atoms with Gasteiger partial charge in [0, 0.05) is 12.1 Å². The molecular weight excluding hydrogens is 472 g/mol. The molecule has 0 aliphatic rings. The summed E-state index contributed by atoms with van der Waals surface area (Å²) in [6.07, 6.45) is 31.4. The van der Waals surface area contributed by atoms with Gasteiger partial charge in [0.15, 0.2) is 0 Å². The number of rotatable bonds is 25. The Morgan fingerprint density at radius 3 is 1.26 bits per heavy atom. The molecule has 218 valence electrons. The molecule has 0 saturated heterocycles. The zero-order chi connectivity index (χ0) is 27.5. The molecule has 38 heavy (non-hydrogen) atoms. The van der Waals surface area contributed by atoms with Gasteiger partial charge >= 0.3 is 6.03 Å². The zero-order valence-electron chi connectivity index (χ0n) is 24.5. The molecule has 0 aromatic heterocycles. The second-order valence-electron chi connectivity index (χ2n) is 11.0. The van der Waals surface area contributed by atoms with E-state index < -0.39 is 11.9 Å². The molecule has 0 unspecified atom stereocenters. The number of carbonyl (C=O) groups is 2. The Kier molecular flexibility index (Phi) is 22.6. The van der Waals surface area contributed by atoms with Crippen LogP contribution >= 0.6 is 0 Å². The number of carbonyl (C=O) groups excluding carboxylic acids is 2. The van der Waals surface area contributed by atoms with E-state index in [0.29, 0.717) is 12.1 Å². The van der Waals surface area contributed by atoms with E-state index in [1.807, 2.05) is 0 Å². The zero-order valence-corrected chi connectivity index (χ0v) is 24.5. The fourth-order valence-electron chi connectivity index (χ4n) is 4.94.